The normalized spacial score (nSPS) is 11.9. The number of carbonyl (C=O) groups is 1. The second kappa shape index (κ2) is 5.52. The molecular weight excluding hydrogens is 238 g/mol. The molecule has 1 unspecified atom stereocenters. The summed E-state index contributed by atoms with van der Waals surface area (Å²) in [5.74, 6) is 0.623. The van der Waals surface area contributed by atoms with Crippen LogP contribution in [0, 0.1) is 0 Å². The predicted octanol–water partition coefficient (Wildman–Crippen LogP) is 2.20. The Morgan fingerprint density at radius 1 is 1.37 bits per heavy atom. The van der Waals surface area contributed by atoms with Crippen molar-refractivity contribution in [1.29, 1.82) is 0 Å². The zero-order valence-electron chi connectivity index (χ0n) is 11.1. The molecule has 0 bridgehead atoms. The van der Waals surface area contributed by atoms with Crippen molar-refractivity contribution in [3.05, 3.63) is 66.3 Å². The van der Waals surface area contributed by atoms with Crippen LogP contribution in [-0.2, 0) is 11.8 Å². The van der Waals surface area contributed by atoms with Gasteiger partial charge in [-0.2, -0.15) is 0 Å². The minimum absolute atomic E-state index is 0.170. The molecule has 98 valence electrons. The number of benzene rings is 1. The molecule has 0 aliphatic rings. The van der Waals surface area contributed by atoms with Crippen molar-refractivity contribution < 1.29 is 4.79 Å². The summed E-state index contributed by atoms with van der Waals surface area (Å²) < 4.78 is 1.90. The van der Waals surface area contributed by atoms with Crippen LogP contribution in [0.15, 0.2) is 54.9 Å². The molecule has 4 heteroatoms. The number of aryl methyl sites for hydroxylation is 1. The van der Waals surface area contributed by atoms with Gasteiger partial charge in [-0.05, 0) is 12.5 Å². The van der Waals surface area contributed by atoms with Gasteiger partial charge in [-0.1, -0.05) is 36.9 Å². The van der Waals surface area contributed by atoms with Gasteiger partial charge in [0.1, 0.15) is 11.9 Å². The Morgan fingerprint density at radius 3 is 2.58 bits per heavy atom. The Hall–Kier alpha value is -2.36. The van der Waals surface area contributed by atoms with Crippen molar-refractivity contribution in [3.8, 4) is 0 Å². The van der Waals surface area contributed by atoms with Crippen LogP contribution < -0.4 is 5.32 Å². The molecule has 0 aliphatic heterocycles. The van der Waals surface area contributed by atoms with Crippen molar-refractivity contribution in [2.45, 2.75) is 13.0 Å². The molecule has 1 N–H and O–H groups in total. The van der Waals surface area contributed by atoms with Gasteiger partial charge in [0, 0.05) is 25.0 Å². The van der Waals surface area contributed by atoms with Crippen LogP contribution in [0.1, 0.15) is 24.4 Å². The molecule has 1 amide bonds. The number of rotatable bonds is 4. The van der Waals surface area contributed by atoms with Gasteiger partial charge in [-0.3, -0.25) is 4.79 Å². The van der Waals surface area contributed by atoms with E-state index in [0.717, 1.165) is 11.4 Å². The van der Waals surface area contributed by atoms with Gasteiger partial charge in [-0.15, -0.1) is 0 Å². The van der Waals surface area contributed by atoms with E-state index in [1.54, 1.807) is 13.1 Å². The van der Waals surface area contributed by atoms with Crippen molar-refractivity contribution in [3.63, 3.8) is 0 Å². The summed E-state index contributed by atoms with van der Waals surface area (Å²) in [5.41, 5.74) is 1.47. The van der Waals surface area contributed by atoms with Gasteiger partial charge in [0.2, 0.25) is 5.91 Å². The Kier molecular flexibility index (Phi) is 3.80. The lowest BCUT2D eigenvalue weighted by Gasteiger charge is -2.19. The number of hydrogen-bond acceptors (Lipinski definition) is 2. The fourth-order valence-electron chi connectivity index (χ4n) is 1.85. The molecule has 1 atom stereocenters. The van der Waals surface area contributed by atoms with Crippen molar-refractivity contribution in [1.82, 2.24) is 14.9 Å². The van der Waals surface area contributed by atoms with E-state index >= 15 is 0 Å². The Balaban J connectivity index is 2.37. The zero-order chi connectivity index (χ0) is 13.8. The molecule has 2 aromatic rings. The van der Waals surface area contributed by atoms with Gasteiger partial charge in [-0.25, -0.2) is 4.98 Å². The Labute approximate surface area is 112 Å². The third-order valence-corrected chi connectivity index (χ3v) is 2.91. The number of nitrogens with one attached hydrogen (secondary N) is 1. The fraction of sp³-hybridized carbons (Fsp3) is 0.200. The van der Waals surface area contributed by atoms with Gasteiger partial charge >= 0.3 is 0 Å². The summed E-state index contributed by atoms with van der Waals surface area (Å²) >= 11 is 0. The van der Waals surface area contributed by atoms with Crippen molar-refractivity contribution >= 4 is 5.91 Å². The van der Waals surface area contributed by atoms with Crippen LogP contribution in [0.3, 0.4) is 0 Å². The topological polar surface area (TPSA) is 46.9 Å². The minimum Gasteiger partial charge on any atom is -0.338 e. The molecule has 19 heavy (non-hydrogen) atoms. The molecule has 0 radical (unpaired) electrons. The van der Waals surface area contributed by atoms with E-state index < -0.39 is 0 Å². The summed E-state index contributed by atoms with van der Waals surface area (Å²) in [7, 11) is 1.91. The monoisotopic (exact) mass is 255 g/mol. The molecule has 1 heterocycles. The lowest BCUT2D eigenvalue weighted by Crippen LogP contribution is -2.31. The first-order valence-corrected chi connectivity index (χ1v) is 6.08. The predicted molar refractivity (Wildman–Crippen MR) is 74.4 cm³/mol. The lowest BCUT2D eigenvalue weighted by atomic mass is 10.1. The highest BCUT2D eigenvalue weighted by Gasteiger charge is 2.20. The third-order valence-electron chi connectivity index (χ3n) is 2.91. The summed E-state index contributed by atoms with van der Waals surface area (Å²) in [4.78, 5) is 16.2. The molecular formula is C15H17N3O. The fourth-order valence-corrected chi connectivity index (χ4v) is 1.85. The van der Waals surface area contributed by atoms with Crippen LogP contribution in [0.5, 0.6) is 0 Å². The first-order valence-electron chi connectivity index (χ1n) is 6.08. The van der Waals surface area contributed by atoms with E-state index in [9.17, 15) is 4.79 Å². The van der Waals surface area contributed by atoms with Crippen LogP contribution in [0.25, 0.3) is 0 Å². The Bertz CT molecular complexity index is 586. The highest BCUT2D eigenvalue weighted by atomic mass is 16.1. The number of hydrogen-bond donors (Lipinski definition) is 1. The van der Waals surface area contributed by atoms with Gasteiger partial charge in [0.05, 0.1) is 0 Å². The highest BCUT2D eigenvalue weighted by molar-refractivity contribution is 5.92. The molecule has 0 fully saturated rings. The molecule has 0 spiro atoms. The van der Waals surface area contributed by atoms with Crippen LogP contribution in [0.2, 0.25) is 0 Å². The molecule has 0 saturated carbocycles. The van der Waals surface area contributed by atoms with E-state index in [4.69, 9.17) is 0 Å². The first kappa shape index (κ1) is 13.1. The van der Waals surface area contributed by atoms with Crippen molar-refractivity contribution in [2.75, 3.05) is 0 Å². The summed E-state index contributed by atoms with van der Waals surface area (Å²) in [5, 5.41) is 2.95. The van der Waals surface area contributed by atoms with Gasteiger partial charge in [0.25, 0.3) is 0 Å². The Morgan fingerprint density at radius 2 is 2.05 bits per heavy atom. The average molecular weight is 255 g/mol. The number of carbonyl (C=O) groups excluding carboxylic acids is 1. The number of nitrogens with zero attached hydrogens (tertiary/aromatic N) is 2. The average Bonchev–Trinajstić information content (AvgIpc) is 2.82. The zero-order valence-corrected chi connectivity index (χ0v) is 11.1. The molecule has 0 aliphatic carbocycles. The number of imidazole rings is 1. The largest absolute Gasteiger partial charge is 0.338 e. The lowest BCUT2D eigenvalue weighted by molar-refractivity contribution is -0.117. The quantitative estimate of drug-likeness (QED) is 0.851. The van der Waals surface area contributed by atoms with E-state index in [-0.39, 0.29) is 11.9 Å². The molecule has 2 rings (SSSR count). The maximum Gasteiger partial charge on any atom is 0.247 e. The standard InChI is InChI=1S/C15H17N3O/c1-11(2)15(19)17-13(12-7-5-4-6-8-12)14-16-9-10-18(14)3/h4-10,13H,1H2,2-3H3,(H,17,19). The van der Waals surface area contributed by atoms with Crippen molar-refractivity contribution in [2.24, 2.45) is 7.05 Å². The van der Waals surface area contributed by atoms with Crippen LogP contribution in [-0.4, -0.2) is 15.5 Å². The van der Waals surface area contributed by atoms with Crippen LogP contribution >= 0.6 is 0 Å². The highest BCUT2D eigenvalue weighted by Crippen LogP contribution is 2.20. The summed E-state index contributed by atoms with van der Waals surface area (Å²) in [6.07, 6.45) is 3.58. The van der Waals surface area contributed by atoms with E-state index in [1.807, 2.05) is 48.1 Å². The molecule has 1 aromatic carbocycles. The second-order valence-electron chi connectivity index (χ2n) is 4.49. The molecule has 4 nitrogen and oxygen atoms in total. The third kappa shape index (κ3) is 2.91. The maximum atomic E-state index is 11.9. The molecule has 0 saturated heterocycles. The molecule has 1 aromatic heterocycles. The SMILES string of the molecule is C=C(C)C(=O)NC(c1ccccc1)c1nccn1C. The smallest absolute Gasteiger partial charge is 0.247 e. The second-order valence-corrected chi connectivity index (χ2v) is 4.49. The summed E-state index contributed by atoms with van der Waals surface area (Å²) in [6, 6.07) is 9.50. The van der Waals surface area contributed by atoms with Gasteiger partial charge < -0.3 is 9.88 Å². The minimum atomic E-state index is -0.273. The number of amides is 1. The van der Waals surface area contributed by atoms with E-state index in [0.29, 0.717) is 5.57 Å². The van der Waals surface area contributed by atoms with Gasteiger partial charge in [0.15, 0.2) is 0 Å². The van der Waals surface area contributed by atoms with E-state index in [1.165, 1.54) is 0 Å². The number of aromatic nitrogens is 2. The van der Waals surface area contributed by atoms with E-state index in [2.05, 4.69) is 16.9 Å². The maximum absolute atomic E-state index is 11.9. The van der Waals surface area contributed by atoms with Crippen LogP contribution in [0.4, 0.5) is 0 Å². The summed E-state index contributed by atoms with van der Waals surface area (Å²) in [6.45, 7) is 5.36. The first-order chi connectivity index (χ1) is 9.09.